The quantitative estimate of drug-likeness (QED) is 0.872. The highest BCUT2D eigenvalue weighted by molar-refractivity contribution is 5.74. The fourth-order valence-corrected chi connectivity index (χ4v) is 3.94. The van der Waals surface area contributed by atoms with Crippen LogP contribution in [0.15, 0.2) is 24.3 Å². The Kier molecular flexibility index (Phi) is 5.38. The number of urea groups is 1. The van der Waals surface area contributed by atoms with Crippen LogP contribution < -0.4 is 5.32 Å². The number of carboxylic acids is 1. The Balaban J connectivity index is 1.45. The molecular weight excluding hydrogens is 304 g/mol. The number of carbonyl (C=O) groups is 2. The average molecular weight is 330 g/mol. The van der Waals surface area contributed by atoms with Crippen molar-refractivity contribution in [2.75, 3.05) is 13.1 Å². The molecule has 0 spiro atoms. The van der Waals surface area contributed by atoms with Crippen LogP contribution in [0.4, 0.5) is 4.79 Å². The number of carbonyl (C=O) groups excluding carboxylic acids is 1. The normalized spacial score (nSPS) is 22.9. The van der Waals surface area contributed by atoms with Gasteiger partial charge in [0.15, 0.2) is 0 Å². The molecule has 0 aromatic heterocycles. The maximum absolute atomic E-state index is 12.4. The van der Waals surface area contributed by atoms with Crippen molar-refractivity contribution >= 4 is 12.0 Å². The van der Waals surface area contributed by atoms with E-state index < -0.39 is 5.97 Å². The molecule has 0 radical (unpaired) electrons. The lowest BCUT2D eigenvalue weighted by Crippen LogP contribution is -2.38. The number of nitrogens with zero attached hydrogens (tertiary/aromatic N) is 1. The van der Waals surface area contributed by atoms with Gasteiger partial charge >= 0.3 is 12.0 Å². The van der Waals surface area contributed by atoms with Gasteiger partial charge in [-0.25, -0.2) is 4.79 Å². The van der Waals surface area contributed by atoms with Gasteiger partial charge in [0, 0.05) is 26.1 Å². The van der Waals surface area contributed by atoms with Crippen molar-refractivity contribution in [3.63, 3.8) is 0 Å². The van der Waals surface area contributed by atoms with Crippen LogP contribution in [0.2, 0.25) is 0 Å². The predicted octanol–water partition coefficient (Wildman–Crippen LogP) is 3.04. The largest absolute Gasteiger partial charge is 0.481 e. The van der Waals surface area contributed by atoms with Crippen LogP contribution in [0.3, 0.4) is 0 Å². The molecule has 0 unspecified atom stereocenters. The molecule has 1 aromatic carbocycles. The Labute approximate surface area is 143 Å². The maximum atomic E-state index is 12.4. The smallest absolute Gasteiger partial charge is 0.317 e. The molecule has 2 aliphatic rings. The molecule has 130 valence electrons. The summed E-state index contributed by atoms with van der Waals surface area (Å²) >= 11 is 0. The molecule has 24 heavy (non-hydrogen) atoms. The molecule has 1 saturated carbocycles. The van der Waals surface area contributed by atoms with Crippen LogP contribution in [-0.2, 0) is 17.8 Å². The first kappa shape index (κ1) is 16.8. The monoisotopic (exact) mass is 330 g/mol. The van der Waals surface area contributed by atoms with E-state index in [0.717, 1.165) is 24.2 Å². The van der Waals surface area contributed by atoms with Crippen molar-refractivity contribution in [1.82, 2.24) is 10.2 Å². The summed E-state index contributed by atoms with van der Waals surface area (Å²) in [4.78, 5) is 24.9. The van der Waals surface area contributed by atoms with Gasteiger partial charge in [-0.05, 0) is 42.2 Å². The second-order valence-corrected chi connectivity index (χ2v) is 7.08. The standard InChI is InChI=1S/C19H26N2O3/c22-18(23)10-9-14-5-7-15(8-6-14)11-20-19(24)21-12-16-3-1-2-4-17(16)13-21/h5-8,16-17H,1-4,9-13H2,(H,20,24)(H,22,23)/t16-,17+. The molecule has 2 N–H and O–H groups in total. The van der Waals surface area contributed by atoms with Gasteiger partial charge in [-0.2, -0.15) is 0 Å². The van der Waals surface area contributed by atoms with Crippen LogP contribution in [0.1, 0.15) is 43.2 Å². The summed E-state index contributed by atoms with van der Waals surface area (Å²) in [6, 6.07) is 7.84. The van der Waals surface area contributed by atoms with E-state index in [1.807, 2.05) is 29.2 Å². The number of fused-ring (bicyclic) bond motifs is 1. The summed E-state index contributed by atoms with van der Waals surface area (Å²) in [6.07, 6.45) is 5.85. The highest BCUT2D eigenvalue weighted by Crippen LogP contribution is 2.35. The van der Waals surface area contributed by atoms with Crippen molar-refractivity contribution in [3.05, 3.63) is 35.4 Å². The lowest BCUT2D eigenvalue weighted by Gasteiger charge is -2.22. The maximum Gasteiger partial charge on any atom is 0.317 e. The molecule has 1 heterocycles. The average Bonchev–Trinajstić information content (AvgIpc) is 3.03. The minimum Gasteiger partial charge on any atom is -0.481 e. The topological polar surface area (TPSA) is 69.6 Å². The highest BCUT2D eigenvalue weighted by Gasteiger charge is 2.36. The molecule has 5 heteroatoms. The second-order valence-electron chi connectivity index (χ2n) is 7.08. The van der Waals surface area contributed by atoms with Crippen molar-refractivity contribution < 1.29 is 14.7 Å². The second kappa shape index (κ2) is 7.69. The van der Waals surface area contributed by atoms with Crippen molar-refractivity contribution in [1.29, 1.82) is 0 Å². The number of nitrogens with one attached hydrogen (secondary N) is 1. The van der Waals surface area contributed by atoms with Crippen LogP contribution in [0.5, 0.6) is 0 Å². The molecule has 1 aliphatic carbocycles. The van der Waals surface area contributed by atoms with E-state index in [4.69, 9.17) is 5.11 Å². The number of carboxylic acid groups (broad SMARTS) is 1. The van der Waals surface area contributed by atoms with Gasteiger partial charge in [-0.1, -0.05) is 37.1 Å². The van der Waals surface area contributed by atoms with Crippen LogP contribution in [-0.4, -0.2) is 35.1 Å². The SMILES string of the molecule is O=C(O)CCc1ccc(CNC(=O)N2C[C@H]3CCCC[C@H]3C2)cc1. The minimum atomic E-state index is -0.780. The van der Waals surface area contributed by atoms with Crippen LogP contribution in [0, 0.1) is 11.8 Å². The zero-order valence-corrected chi connectivity index (χ0v) is 14.0. The lowest BCUT2D eigenvalue weighted by molar-refractivity contribution is -0.136. The Hall–Kier alpha value is -2.04. The van der Waals surface area contributed by atoms with E-state index in [2.05, 4.69) is 5.32 Å². The number of hydrogen-bond donors (Lipinski definition) is 2. The van der Waals surface area contributed by atoms with Gasteiger partial charge in [-0.15, -0.1) is 0 Å². The first-order valence-electron chi connectivity index (χ1n) is 8.94. The highest BCUT2D eigenvalue weighted by atomic mass is 16.4. The molecular formula is C19H26N2O3. The first-order chi connectivity index (χ1) is 11.6. The predicted molar refractivity (Wildman–Crippen MR) is 91.7 cm³/mol. The summed E-state index contributed by atoms with van der Waals surface area (Å²) in [6.45, 7) is 2.33. The third-order valence-electron chi connectivity index (χ3n) is 5.36. The molecule has 1 aliphatic heterocycles. The zero-order valence-electron chi connectivity index (χ0n) is 14.0. The third-order valence-corrected chi connectivity index (χ3v) is 5.36. The summed E-state index contributed by atoms with van der Waals surface area (Å²) in [7, 11) is 0. The molecule has 1 saturated heterocycles. The molecule has 2 fully saturated rings. The number of aliphatic carboxylic acids is 1. The van der Waals surface area contributed by atoms with Gasteiger partial charge in [0.05, 0.1) is 0 Å². The Morgan fingerprint density at radius 3 is 2.21 bits per heavy atom. The molecule has 3 rings (SSSR count). The fraction of sp³-hybridized carbons (Fsp3) is 0.579. The molecule has 0 bridgehead atoms. The molecule has 2 amide bonds. The molecule has 1 aromatic rings. The summed E-state index contributed by atoms with van der Waals surface area (Å²) in [5, 5.41) is 11.7. The number of likely N-dealkylation sites (tertiary alicyclic amines) is 1. The van der Waals surface area contributed by atoms with Gasteiger partial charge < -0.3 is 15.3 Å². The number of amides is 2. The molecule has 5 nitrogen and oxygen atoms in total. The Bertz CT molecular complexity index is 571. The van der Waals surface area contributed by atoms with Crippen molar-refractivity contribution in [2.45, 2.75) is 45.1 Å². The minimum absolute atomic E-state index is 0.0411. The van der Waals surface area contributed by atoms with Gasteiger partial charge in [0.1, 0.15) is 0 Å². The van der Waals surface area contributed by atoms with E-state index in [0.29, 0.717) is 24.8 Å². The van der Waals surface area contributed by atoms with Gasteiger partial charge in [0.2, 0.25) is 0 Å². The fourth-order valence-electron chi connectivity index (χ4n) is 3.94. The Morgan fingerprint density at radius 2 is 1.62 bits per heavy atom. The lowest BCUT2D eigenvalue weighted by atomic mass is 9.82. The van der Waals surface area contributed by atoms with Crippen LogP contribution in [0.25, 0.3) is 0 Å². The van der Waals surface area contributed by atoms with Gasteiger partial charge in [0.25, 0.3) is 0 Å². The summed E-state index contributed by atoms with van der Waals surface area (Å²) in [5.41, 5.74) is 2.05. The van der Waals surface area contributed by atoms with E-state index in [1.54, 1.807) is 0 Å². The summed E-state index contributed by atoms with van der Waals surface area (Å²) in [5.74, 6) is 0.633. The third kappa shape index (κ3) is 4.28. The molecule has 2 atom stereocenters. The number of aryl methyl sites for hydroxylation is 1. The number of rotatable bonds is 5. The van der Waals surface area contributed by atoms with Crippen molar-refractivity contribution in [2.24, 2.45) is 11.8 Å². The van der Waals surface area contributed by atoms with Gasteiger partial charge in [-0.3, -0.25) is 4.79 Å². The van der Waals surface area contributed by atoms with E-state index in [9.17, 15) is 9.59 Å². The summed E-state index contributed by atoms with van der Waals surface area (Å²) < 4.78 is 0. The number of hydrogen-bond acceptors (Lipinski definition) is 2. The van der Waals surface area contributed by atoms with Crippen molar-refractivity contribution in [3.8, 4) is 0 Å². The van der Waals surface area contributed by atoms with E-state index in [1.165, 1.54) is 25.7 Å². The first-order valence-corrected chi connectivity index (χ1v) is 8.94. The van der Waals surface area contributed by atoms with Crippen LogP contribution >= 0.6 is 0 Å². The Morgan fingerprint density at radius 1 is 1.04 bits per heavy atom. The zero-order chi connectivity index (χ0) is 16.9. The van der Waals surface area contributed by atoms with E-state index in [-0.39, 0.29) is 12.5 Å². The number of benzene rings is 1. The van der Waals surface area contributed by atoms with E-state index >= 15 is 0 Å².